The van der Waals surface area contributed by atoms with Crippen LogP contribution in [-0.4, -0.2) is 55.6 Å². The van der Waals surface area contributed by atoms with Gasteiger partial charge in [0.2, 0.25) is 5.91 Å². The predicted octanol–water partition coefficient (Wildman–Crippen LogP) is 1.61. The van der Waals surface area contributed by atoms with Crippen LogP contribution < -0.4 is 10.6 Å². The molecule has 0 aliphatic carbocycles. The Labute approximate surface area is 138 Å². The Kier molecular flexibility index (Phi) is 11.3. The van der Waals surface area contributed by atoms with E-state index in [9.17, 15) is 9.59 Å². The van der Waals surface area contributed by atoms with Gasteiger partial charge >= 0.3 is 0 Å². The maximum atomic E-state index is 11.5. The highest BCUT2D eigenvalue weighted by Crippen LogP contribution is 2.09. The molecule has 1 rings (SSSR count). The Morgan fingerprint density at radius 2 is 1.70 bits per heavy atom. The van der Waals surface area contributed by atoms with Gasteiger partial charge in [0.1, 0.15) is 5.75 Å². The summed E-state index contributed by atoms with van der Waals surface area (Å²) in [5.41, 5.74) is 0.562. The lowest BCUT2D eigenvalue weighted by Crippen LogP contribution is -2.31. The fraction of sp³-hybridized carbons (Fsp3) is 0.529. The lowest BCUT2D eigenvalue weighted by molar-refractivity contribution is -0.118. The zero-order valence-electron chi connectivity index (χ0n) is 14.6. The average molecular weight is 323 g/mol. The van der Waals surface area contributed by atoms with E-state index in [2.05, 4.69) is 17.6 Å². The Morgan fingerprint density at radius 3 is 2.17 bits per heavy atom. The predicted molar refractivity (Wildman–Crippen MR) is 92.6 cm³/mol. The lowest BCUT2D eigenvalue weighted by atomic mass is 10.2. The smallest absolute Gasteiger partial charge is 0.251 e. The molecule has 0 aliphatic heterocycles. The molecule has 0 saturated heterocycles. The van der Waals surface area contributed by atoms with Crippen molar-refractivity contribution < 1.29 is 14.7 Å². The van der Waals surface area contributed by atoms with Crippen LogP contribution in [0.3, 0.4) is 0 Å². The molecule has 1 aromatic carbocycles. The summed E-state index contributed by atoms with van der Waals surface area (Å²) in [7, 11) is 3.90. The number of unbranched alkanes of at least 4 members (excludes halogenated alkanes) is 1. The standard InChI is InChI=1S/C11H16N2O2.C6H13NO/c1-13(2)8-7-12-11(15)9-3-5-10(14)6-4-9;1-3-4-5-7-6(2)8/h3-6,14H,7-8H2,1-2H3,(H,12,15);3-5H2,1-2H3,(H,7,8). The van der Waals surface area contributed by atoms with Crippen molar-refractivity contribution in [2.24, 2.45) is 0 Å². The Hall–Kier alpha value is -2.08. The quantitative estimate of drug-likeness (QED) is 0.666. The Balaban J connectivity index is 0.000000515. The molecule has 2 amide bonds. The molecular formula is C17H29N3O3. The Morgan fingerprint density at radius 1 is 1.09 bits per heavy atom. The van der Waals surface area contributed by atoms with Crippen LogP contribution >= 0.6 is 0 Å². The van der Waals surface area contributed by atoms with Gasteiger partial charge in [0.25, 0.3) is 5.91 Å². The van der Waals surface area contributed by atoms with E-state index < -0.39 is 0 Å². The monoisotopic (exact) mass is 323 g/mol. The van der Waals surface area contributed by atoms with Crippen LogP contribution in [0.5, 0.6) is 5.75 Å². The van der Waals surface area contributed by atoms with E-state index >= 15 is 0 Å². The van der Waals surface area contributed by atoms with Crippen molar-refractivity contribution in [1.82, 2.24) is 15.5 Å². The molecule has 0 unspecified atom stereocenters. The molecule has 0 atom stereocenters. The first kappa shape index (κ1) is 20.9. The molecule has 0 spiro atoms. The van der Waals surface area contributed by atoms with E-state index in [0.29, 0.717) is 12.1 Å². The van der Waals surface area contributed by atoms with E-state index in [0.717, 1.165) is 25.9 Å². The summed E-state index contributed by atoms with van der Waals surface area (Å²) in [6, 6.07) is 6.20. The fourth-order valence-corrected chi connectivity index (χ4v) is 1.55. The van der Waals surface area contributed by atoms with Crippen molar-refractivity contribution in [2.45, 2.75) is 26.7 Å². The van der Waals surface area contributed by atoms with Gasteiger partial charge in [0, 0.05) is 32.1 Å². The number of carbonyl (C=O) groups is 2. The molecule has 6 nitrogen and oxygen atoms in total. The number of benzene rings is 1. The molecule has 130 valence electrons. The number of nitrogens with one attached hydrogen (secondary N) is 2. The van der Waals surface area contributed by atoms with Crippen LogP contribution in [0.4, 0.5) is 0 Å². The Bertz CT molecular complexity index is 459. The highest BCUT2D eigenvalue weighted by molar-refractivity contribution is 5.94. The zero-order chi connectivity index (χ0) is 17.7. The van der Waals surface area contributed by atoms with Crippen LogP contribution in [0.15, 0.2) is 24.3 Å². The van der Waals surface area contributed by atoms with Crippen molar-refractivity contribution in [3.63, 3.8) is 0 Å². The summed E-state index contributed by atoms with van der Waals surface area (Å²) in [4.78, 5) is 23.7. The first-order chi connectivity index (χ1) is 10.9. The molecule has 1 aromatic rings. The topological polar surface area (TPSA) is 81.7 Å². The lowest BCUT2D eigenvalue weighted by Gasteiger charge is -2.10. The van der Waals surface area contributed by atoms with E-state index in [1.54, 1.807) is 12.1 Å². The van der Waals surface area contributed by atoms with E-state index in [1.807, 2.05) is 19.0 Å². The fourth-order valence-electron chi connectivity index (χ4n) is 1.55. The summed E-state index contributed by atoms with van der Waals surface area (Å²) >= 11 is 0. The molecule has 0 bridgehead atoms. The third kappa shape index (κ3) is 12.2. The van der Waals surface area contributed by atoms with Gasteiger partial charge in [-0.15, -0.1) is 0 Å². The third-order valence-electron chi connectivity index (χ3n) is 2.88. The van der Waals surface area contributed by atoms with Gasteiger partial charge in [-0.1, -0.05) is 13.3 Å². The summed E-state index contributed by atoms with van der Waals surface area (Å²) in [5, 5.41) is 14.5. The molecule has 0 fully saturated rings. The maximum Gasteiger partial charge on any atom is 0.251 e. The number of hydrogen-bond donors (Lipinski definition) is 3. The van der Waals surface area contributed by atoms with Crippen LogP contribution in [0.2, 0.25) is 0 Å². The minimum absolute atomic E-state index is 0.0680. The first-order valence-electron chi connectivity index (χ1n) is 7.83. The molecule has 3 N–H and O–H groups in total. The number of phenolic OH excluding ortho intramolecular Hbond substituents is 1. The minimum atomic E-state index is -0.114. The highest BCUT2D eigenvalue weighted by atomic mass is 16.3. The van der Waals surface area contributed by atoms with Crippen molar-refractivity contribution in [1.29, 1.82) is 0 Å². The summed E-state index contributed by atoms with van der Waals surface area (Å²) in [6.07, 6.45) is 2.22. The van der Waals surface area contributed by atoms with Gasteiger partial charge in [-0.05, 0) is 44.8 Å². The van der Waals surface area contributed by atoms with Gasteiger partial charge < -0.3 is 20.6 Å². The van der Waals surface area contributed by atoms with Crippen LogP contribution in [0.25, 0.3) is 0 Å². The SMILES string of the molecule is CCCCNC(C)=O.CN(C)CCNC(=O)c1ccc(O)cc1. The van der Waals surface area contributed by atoms with Gasteiger partial charge in [-0.2, -0.15) is 0 Å². The number of rotatable bonds is 7. The summed E-state index contributed by atoms with van der Waals surface area (Å²) in [5.74, 6) is 0.121. The van der Waals surface area contributed by atoms with E-state index in [4.69, 9.17) is 5.11 Å². The number of hydrogen-bond acceptors (Lipinski definition) is 4. The molecule has 6 heteroatoms. The molecule has 0 aliphatic rings. The zero-order valence-corrected chi connectivity index (χ0v) is 14.6. The van der Waals surface area contributed by atoms with Gasteiger partial charge in [-0.25, -0.2) is 0 Å². The number of likely N-dealkylation sites (N-methyl/N-ethyl adjacent to an activating group) is 1. The van der Waals surface area contributed by atoms with Crippen molar-refractivity contribution in [2.75, 3.05) is 33.7 Å². The average Bonchev–Trinajstić information content (AvgIpc) is 2.48. The summed E-state index contributed by atoms with van der Waals surface area (Å²) in [6.45, 7) is 5.89. The van der Waals surface area contributed by atoms with Gasteiger partial charge in [-0.3, -0.25) is 9.59 Å². The van der Waals surface area contributed by atoms with E-state index in [1.165, 1.54) is 19.1 Å². The molecule has 0 aromatic heterocycles. The normalized spacial score (nSPS) is 9.78. The maximum absolute atomic E-state index is 11.5. The third-order valence-corrected chi connectivity index (χ3v) is 2.88. The molecular weight excluding hydrogens is 294 g/mol. The highest BCUT2D eigenvalue weighted by Gasteiger charge is 2.03. The second-order valence-electron chi connectivity index (χ2n) is 5.44. The number of phenols is 1. The van der Waals surface area contributed by atoms with Crippen molar-refractivity contribution >= 4 is 11.8 Å². The number of amides is 2. The second kappa shape index (κ2) is 12.5. The van der Waals surface area contributed by atoms with Gasteiger partial charge in [0.05, 0.1) is 0 Å². The number of nitrogens with zero attached hydrogens (tertiary/aromatic N) is 1. The van der Waals surface area contributed by atoms with E-state index in [-0.39, 0.29) is 17.6 Å². The molecule has 0 saturated carbocycles. The molecule has 0 radical (unpaired) electrons. The number of carbonyl (C=O) groups excluding carboxylic acids is 2. The van der Waals surface area contributed by atoms with Crippen LogP contribution in [-0.2, 0) is 4.79 Å². The van der Waals surface area contributed by atoms with Crippen molar-refractivity contribution in [3.05, 3.63) is 29.8 Å². The van der Waals surface area contributed by atoms with Gasteiger partial charge in [0.15, 0.2) is 0 Å². The summed E-state index contributed by atoms with van der Waals surface area (Å²) < 4.78 is 0. The van der Waals surface area contributed by atoms with Crippen LogP contribution in [0, 0.1) is 0 Å². The molecule has 23 heavy (non-hydrogen) atoms. The number of aromatic hydroxyl groups is 1. The minimum Gasteiger partial charge on any atom is -0.508 e. The largest absolute Gasteiger partial charge is 0.508 e. The van der Waals surface area contributed by atoms with Crippen molar-refractivity contribution in [3.8, 4) is 5.75 Å². The first-order valence-corrected chi connectivity index (χ1v) is 7.83. The second-order valence-corrected chi connectivity index (χ2v) is 5.44. The van der Waals surface area contributed by atoms with Crippen LogP contribution in [0.1, 0.15) is 37.0 Å². The molecule has 0 heterocycles.